The van der Waals surface area contributed by atoms with Gasteiger partial charge in [-0.3, -0.25) is 14.9 Å². The molecule has 5 rings (SSSR count). The maximum atomic E-state index is 13.8. The molecule has 3 heterocycles. The molecule has 3 saturated heterocycles. The van der Waals surface area contributed by atoms with Gasteiger partial charge in [0, 0.05) is 43.2 Å². The minimum atomic E-state index is -3.84. The van der Waals surface area contributed by atoms with Crippen molar-refractivity contribution in [2.24, 2.45) is 5.92 Å². The number of nitrogens with zero attached hydrogens (tertiary/aromatic N) is 4. The van der Waals surface area contributed by atoms with Crippen LogP contribution in [0.1, 0.15) is 56.6 Å². The number of benzene rings is 2. The maximum Gasteiger partial charge on any atom is 0.326 e. The van der Waals surface area contributed by atoms with Crippen molar-refractivity contribution in [2.45, 2.75) is 61.9 Å². The van der Waals surface area contributed by atoms with E-state index in [0.717, 1.165) is 30.9 Å². The van der Waals surface area contributed by atoms with Crippen LogP contribution >= 0.6 is 11.6 Å². The number of carboxylic acid groups (broad SMARTS) is 1. The largest absolute Gasteiger partial charge is 0.480 e. The summed E-state index contributed by atoms with van der Waals surface area (Å²) in [5.74, 6) is -1.76. The number of aliphatic carboxylic acids is 1. The summed E-state index contributed by atoms with van der Waals surface area (Å²) in [6.07, 6.45) is 4.05. The molecule has 3 fully saturated rings. The number of carboxylic acids is 1. The lowest BCUT2D eigenvalue weighted by molar-refractivity contribution is -0.384. The van der Waals surface area contributed by atoms with Crippen LogP contribution in [0.3, 0.4) is 0 Å². The zero-order valence-corrected chi connectivity index (χ0v) is 24.1. The van der Waals surface area contributed by atoms with Crippen molar-refractivity contribution in [3.63, 3.8) is 0 Å². The number of nitro groups is 1. The van der Waals surface area contributed by atoms with Crippen LogP contribution in [0.2, 0.25) is 5.02 Å². The molecule has 0 aromatic heterocycles. The zero-order chi connectivity index (χ0) is 29.3. The monoisotopic (exact) mass is 604 g/mol. The number of piperidine rings is 2. The van der Waals surface area contributed by atoms with Crippen molar-refractivity contribution >= 4 is 44.9 Å². The Morgan fingerprint density at radius 1 is 0.951 bits per heavy atom. The van der Waals surface area contributed by atoms with E-state index in [9.17, 15) is 33.2 Å². The van der Waals surface area contributed by atoms with Crippen molar-refractivity contribution in [1.82, 2.24) is 9.21 Å². The predicted molar refractivity (Wildman–Crippen MR) is 152 cm³/mol. The number of hydrogen-bond donors (Lipinski definition) is 1. The maximum absolute atomic E-state index is 13.8. The van der Waals surface area contributed by atoms with E-state index in [-0.39, 0.29) is 16.5 Å². The summed E-state index contributed by atoms with van der Waals surface area (Å²) in [5, 5.41) is 22.3. The minimum absolute atomic E-state index is 0.0979. The number of sulfonamides is 1. The summed E-state index contributed by atoms with van der Waals surface area (Å²) in [6.45, 7) is 1.46. The van der Waals surface area contributed by atoms with Crippen LogP contribution in [-0.4, -0.2) is 71.8 Å². The standard InChI is InChI=1S/C28H33ClN4O7S/c29-22-7-3-2-6-21(22)23-10-11-25(28(35)36)32(23)27(34)19-12-16-30(17-13-19)24-9-8-20(18-26(24)33(37)38)41(39,40)31-14-4-1-5-15-31/h2-3,6-9,18-19,23,25H,1,4-5,10-17H2,(H,35,36)/t23?,25-/m0/s1. The highest BCUT2D eigenvalue weighted by molar-refractivity contribution is 7.89. The van der Waals surface area contributed by atoms with E-state index in [4.69, 9.17) is 11.6 Å². The molecule has 3 aliphatic rings. The normalized spacial score (nSPS) is 22.6. The average molecular weight is 605 g/mol. The SMILES string of the molecule is O=C(O)[C@@H]1CCC(c2ccccc2Cl)N1C(=O)C1CCN(c2ccc(S(=O)(=O)N3CCCCC3)cc2[N+](=O)[O-])CC1. The first-order valence-corrected chi connectivity index (χ1v) is 15.7. The smallest absolute Gasteiger partial charge is 0.326 e. The number of anilines is 1. The Labute approximate surface area is 243 Å². The average Bonchev–Trinajstić information content (AvgIpc) is 3.42. The van der Waals surface area contributed by atoms with Gasteiger partial charge in [-0.2, -0.15) is 4.31 Å². The Morgan fingerprint density at radius 2 is 1.63 bits per heavy atom. The second kappa shape index (κ2) is 11.9. The molecular weight excluding hydrogens is 572 g/mol. The number of halogens is 1. The van der Waals surface area contributed by atoms with Gasteiger partial charge < -0.3 is 14.9 Å². The van der Waals surface area contributed by atoms with Gasteiger partial charge in [-0.25, -0.2) is 13.2 Å². The van der Waals surface area contributed by atoms with Crippen molar-refractivity contribution in [2.75, 3.05) is 31.1 Å². The minimum Gasteiger partial charge on any atom is -0.480 e. The highest BCUT2D eigenvalue weighted by atomic mass is 35.5. The molecule has 0 spiro atoms. The van der Waals surface area contributed by atoms with Crippen LogP contribution < -0.4 is 4.90 Å². The van der Waals surface area contributed by atoms with E-state index in [1.54, 1.807) is 17.0 Å². The van der Waals surface area contributed by atoms with Gasteiger partial charge in [0.15, 0.2) is 0 Å². The number of carbonyl (C=O) groups excluding carboxylic acids is 1. The van der Waals surface area contributed by atoms with E-state index >= 15 is 0 Å². The Balaban J connectivity index is 1.33. The first-order valence-electron chi connectivity index (χ1n) is 13.9. The van der Waals surface area contributed by atoms with Gasteiger partial charge in [-0.15, -0.1) is 0 Å². The molecule has 13 heteroatoms. The van der Waals surface area contributed by atoms with Crippen LogP contribution in [0.25, 0.3) is 0 Å². The van der Waals surface area contributed by atoms with Crippen LogP contribution in [0.5, 0.6) is 0 Å². The third-order valence-corrected chi connectivity index (χ3v) is 10.7. The molecule has 2 aromatic carbocycles. The third-order valence-electron chi connectivity index (χ3n) is 8.47. The summed E-state index contributed by atoms with van der Waals surface area (Å²) in [4.78, 5) is 40.4. The molecule has 3 aliphatic heterocycles. The highest BCUT2D eigenvalue weighted by Gasteiger charge is 2.45. The van der Waals surface area contributed by atoms with E-state index in [2.05, 4.69) is 0 Å². The van der Waals surface area contributed by atoms with E-state index in [1.165, 1.54) is 21.3 Å². The molecule has 2 aromatic rings. The molecule has 2 atom stereocenters. The highest BCUT2D eigenvalue weighted by Crippen LogP contribution is 2.42. The molecule has 1 amide bonds. The quantitative estimate of drug-likeness (QED) is 0.361. The number of likely N-dealkylation sites (tertiary alicyclic amines) is 1. The summed E-state index contributed by atoms with van der Waals surface area (Å²) in [5.41, 5.74) is 0.730. The molecule has 41 heavy (non-hydrogen) atoms. The number of carbonyl (C=O) groups is 2. The van der Waals surface area contributed by atoms with E-state index in [1.807, 2.05) is 12.1 Å². The lowest BCUT2D eigenvalue weighted by Gasteiger charge is -2.37. The fourth-order valence-corrected chi connectivity index (χ4v) is 8.12. The number of hydrogen-bond acceptors (Lipinski definition) is 7. The third kappa shape index (κ3) is 5.77. The fourth-order valence-electron chi connectivity index (χ4n) is 6.32. The van der Waals surface area contributed by atoms with Gasteiger partial charge in [-0.05, 0) is 62.3 Å². The Hall–Kier alpha value is -3.22. The molecule has 220 valence electrons. The fraction of sp³-hybridized carbons (Fsp3) is 0.500. The van der Waals surface area contributed by atoms with Crippen LogP contribution in [0, 0.1) is 16.0 Å². The van der Waals surface area contributed by atoms with Gasteiger partial charge in [0.05, 0.1) is 15.9 Å². The predicted octanol–water partition coefficient (Wildman–Crippen LogP) is 4.46. The first-order chi connectivity index (χ1) is 19.6. The van der Waals surface area contributed by atoms with Crippen LogP contribution in [-0.2, 0) is 19.6 Å². The van der Waals surface area contributed by atoms with Gasteiger partial charge in [0.1, 0.15) is 11.7 Å². The second-order valence-corrected chi connectivity index (χ2v) is 13.2. The van der Waals surface area contributed by atoms with Gasteiger partial charge in [0.25, 0.3) is 5.69 Å². The van der Waals surface area contributed by atoms with Crippen molar-refractivity contribution < 1.29 is 28.0 Å². The molecular formula is C28H33ClN4O7S. The second-order valence-electron chi connectivity index (χ2n) is 10.8. The van der Waals surface area contributed by atoms with Crippen LogP contribution in [0.4, 0.5) is 11.4 Å². The molecule has 11 nitrogen and oxygen atoms in total. The topological polar surface area (TPSA) is 141 Å². The molecule has 0 saturated carbocycles. The molecule has 0 radical (unpaired) electrons. The Morgan fingerprint density at radius 3 is 2.27 bits per heavy atom. The number of amides is 1. The molecule has 1 unspecified atom stereocenters. The van der Waals surface area contributed by atoms with E-state index < -0.39 is 38.9 Å². The van der Waals surface area contributed by atoms with Crippen molar-refractivity contribution in [3.05, 3.63) is 63.2 Å². The molecule has 0 bridgehead atoms. The van der Waals surface area contributed by atoms with Crippen molar-refractivity contribution in [3.8, 4) is 0 Å². The van der Waals surface area contributed by atoms with Crippen molar-refractivity contribution in [1.29, 1.82) is 0 Å². The Kier molecular flexibility index (Phi) is 8.53. The lowest BCUT2D eigenvalue weighted by Crippen LogP contribution is -2.47. The first kappa shape index (κ1) is 29.3. The summed E-state index contributed by atoms with van der Waals surface area (Å²) in [7, 11) is -3.84. The summed E-state index contributed by atoms with van der Waals surface area (Å²) < 4.78 is 27.6. The molecule has 0 aliphatic carbocycles. The molecule has 1 N–H and O–H groups in total. The van der Waals surface area contributed by atoms with Gasteiger partial charge in [-0.1, -0.05) is 36.2 Å². The van der Waals surface area contributed by atoms with E-state index in [0.29, 0.717) is 62.6 Å². The number of nitro benzene ring substituents is 1. The lowest BCUT2D eigenvalue weighted by atomic mass is 9.93. The Bertz CT molecular complexity index is 1440. The van der Waals surface area contributed by atoms with Gasteiger partial charge in [0.2, 0.25) is 15.9 Å². The van der Waals surface area contributed by atoms with Crippen LogP contribution in [0.15, 0.2) is 47.4 Å². The summed E-state index contributed by atoms with van der Waals surface area (Å²) in [6, 6.07) is 9.77. The zero-order valence-electron chi connectivity index (χ0n) is 22.5. The summed E-state index contributed by atoms with van der Waals surface area (Å²) >= 11 is 6.41. The number of rotatable bonds is 7. The van der Waals surface area contributed by atoms with Gasteiger partial charge >= 0.3 is 5.97 Å².